The lowest BCUT2D eigenvalue weighted by molar-refractivity contribution is 0.101. The third-order valence-corrected chi connectivity index (χ3v) is 2.04. The number of hydrogen-bond donors (Lipinski definition) is 0. The molecule has 0 amide bonds. The second kappa shape index (κ2) is 5.08. The minimum absolute atomic E-state index is 0.205. The molecule has 16 heavy (non-hydrogen) atoms. The van der Waals surface area contributed by atoms with Crippen LogP contribution in [0.25, 0.3) is 0 Å². The van der Waals surface area contributed by atoms with Crippen molar-refractivity contribution >= 4 is 12.1 Å². The van der Waals surface area contributed by atoms with E-state index >= 15 is 0 Å². The largest absolute Gasteiger partial charge is 0.492 e. The van der Waals surface area contributed by atoms with Crippen molar-refractivity contribution in [2.24, 2.45) is 0 Å². The molecular weight excluding hydrogens is 206 g/mol. The first kappa shape index (κ1) is 11.9. The van der Waals surface area contributed by atoms with E-state index < -0.39 is 0 Å². The maximum atomic E-state index is 11.4. The number of ketones is 1. The number of hydrogen-bond acceptors (Lipinski definition) is 4. The van der Waals surface area contributed by atoms with Gasteiger partial charge in [0.2, 0.25) is 0 Å². The molecule has 0 atom stereocenters. The van der Waals surface area contributed by atoms with Crippen molar-refractivity contribution in [1.29, 1.82) is 5.26 Å². The first-order valence-electron chi connectivity index (χ1n) is 4.81. The predicted molar refractivity (Wildman–Crippen MR) is 57.7 cm³/mol. The molecule has 0 aliphatic rings. The van der Waals surface area contributed by atoms with E-state index in [1.165, 1.54) is 19.1 Å². The van der Waals surface area contributed by atoms with Gasteiger partial charge in [0, 0.05) is 5.56 Å². The Balaban J connectivity index is 3.48. The molecule has 0 radical (unpaired) electrons. The molecule has 1 aromatic rings. The number of Topliss-reactive ketones (excluding diaryl/α,β-unsaturated/α-hetero) is 1. The van der Waals surface area contributed by atoms with Gasteiger partial charge in [-0.25, -0.2) is 0 Å². The van der Waals surface area contributed by atoms with Gasteiger partial charge in [0.05, 0.1) is 17.7 Å². The average molecular weight is 217 g/mol. The topological polar surface area (TPSA) is 67.2 Å². The van der Waals surface area contributed by atoms with Crippen LogP contribution in [0.5, 0.6) is 5.75 Å². The van der Waals surface area contributed by atoms with Crippen LogP contribution < -0.4 is 4.74 Å². The van der Waals surface area contributed by atoms with E-state index in [2.05, 4.69) is 0 Å². The maximum Gasteiger partial charge on any atom is 0.163 e. The second-order valence-corrected chi connectivity index (χ2v) is 3.16. The van der Waals surface area contributed by atoms with Crippen LogP contribution in [0.2, 0.25) is 0 Å². The molecule has 0 unspecified atom stereocenters. The Hall–Kier alpha value is -2.15. The zero-order valence-corrected chi connectivity index (χ0v) is 9.11. The zero-order valence-electron chi connectivity index (χ0n) is 9.11. The number of rotatable bonds is 4. The van der Waals surface area contributed by atoms with Crippen LogP contribution >= 0.6 is 0 Å². The molecule has 0 aromatic heterocycles. The molecular formula is C12H11NO3. The first-order chi connectivity index (χ1) is 7.63. The third-order valence-electron chi connectivity index (χ3n) is 2.04. The molecule has 0 saturated heterocycles. The molecule has 0 heterocycles. The molecule has 4 heteroatoms. The Labute approximate surface area is 93.5 Å². The number of aldehydes is 1. The molecule has 0 fully saturated rings. The van der Waals surface area contributed by atoms with Gasteiger partial charge in [0.1, 0.15) is 18.1 Å². The van der Waals surface area contributed by atoms with Gasteiger partial charge in [0.25, 0.3) is 0 Å². The smallest absolute Gasteiger partial charge is 0.163 e. The Morgan fingerprint density at radius 2 is 2.25 bits per heavy atom. The van der Waals surface area contributed by atoms with Crippen LogP contribution in [0.15, 0.2) is 12.1 Å². The van der Waals surface area contributed by atoms with E-state index in [1.807, 2.05) is 6.07 Å². The number of ether oxygens (including phenoxy) is 1. The van der Waals surface area contributed by atoms with E-state index in [0.29, 0.717) is 18.5 Å². The molecule has 0 aliphatic carbocycles. The Kier molecular flexibility index (Phi) is 3.78. The fourth-order valence-corrected chi connectivity index (χ4v) is 1.36. The van der Waals surface area contributed by atoms with Crippen molar-refractivity contribution in [2.45, 2.75) is 13.8 Å². The van der Waals surface area contributed by atoms with Crippen molar-refractivity contribution in [2.75, 3.05) is 6.61 Å². The highest BCUT2D eigenvalue weighted by Gasteiger charge is 2.15. The minimum atomic E-state index is -0.233. The number of nitriles is 1. The summed E-state index contributed by atoms with van der Waals surface area (Å²) in [6, 6.07) is 4.75. The van der Waals surface area contributed by atoms with Crippen LogP contribution in [0.4, 0.5) is 0 Å². The SMILES string of the molecule is CCOc1c(C#N)cc(C=O)cc1C(C)=O. The summed E-state index contributed by atoms with van der Waals surface area (Å²) >= 11 is 0. The van der Waals surface area contributed by atoms with Crippen LogP contribution in [0, 0.1) is 11.3 Å². The van der Waals surface area contributed by atoms with Crippen LogP contribution in [-0.2, 0) is 0 Å². The second-order valence-electron chi connectivity index (χ2n) is 3.16. The van der Waals surface area contributed by atoms with E-state index in [-0.39, 0.29) is 22.7 Å². The summed E-state index contributed by atoms with van der Waals surface area (Å²) in [7, 11) is 0. The van der Waals surface area contributed by atoms with Crippen LogP contribution in [0.3, 0.4) is 0 Å². The molecule has 4 nitrogen and oxygen atoms in total. The van der Waals surface area contributed by atoms with Crippen molar-refractivity contribution < 1.29 is 14.3 Å². The lowest BCUT2D eigenvalue weighted by Gasteiger charge is -2.10. The Bertz CT molecular complexity index is 472. The van der Waals surface area contributed by atoms with E-state index in [0.717, 1.165) is 0 Å². The van der Waals surface area contributed by atoms with Gasteiger partial charge < -0.3 is 4.74 Å². The number of carbonyl (C=O) groups excluding carboxylic acids is 2. The maximum absolute atomic E-state index is 11.4. The molecule has 0 aliphatic heterocycles. The average Bonchev–Trinajstić information content (AvgIpc) is 2.29. The van der Waals surface area contributed by atoms with Crippen molar-refractivity contribution in [3.05, 3.63) is 28.8 Å². The normalized spacial score (nSPS) is 9.31. The molecule has 0 spiro atoms. The van der Waals surface area contributed by atoms with E-state index in [1.54, 1.807) is 6.92 Å². The summed E-state index contributed by atoms with van der Waals surface area (Å²) < 4.78 is 5.26. The van der Waals surface area contributed by atoms with Crippen molar-refractivity contribution in [1.82, 2.24) is 0 Å². The van der Waals surface area contributed by atoms with Crippen molar-refractivity contribution in [3.8, 4) is 11.8 Å². The monoisotopic (exact) mass is 217 g/mol. The van der Waals surface area contributed by atoms with E-state index in [9.17, 15) is 9.59 Å². The van der Waals surface area contributed by atoms with Gasteiger partial charge in [-0.3, -0.25) is 9.59 Å². The first-order valence-corrected chi connectivity index (χ1v) is 4.81. The van der Waals surface area contributed by atoms with Gasteiger partial charge in [-0.05, 0) is 26.0 Å². The van der Waals surface area contributed by atoms with E-state index in [4.69, 9.17) is 10.00 Å². The highest BCUT2D eigenvalue weighted by molar-refractivity contribution is 5.99. The molecule has 1 rings (SSSR count). The molecule has 0 saturated carbocycles. The van der Waals surface area contributed by atoms with Gasteiger partial charge in [-0.15, -0.1) is 0 Å². The van der Waals surface area contributed by atoms with Gasteiger partial charge in [-0.1, -0.05) is 0 Å². The fourth-order valence-electron chi connectivity index (χ4n) is 1.36. The Morgan fingerprint density at radius 3 is 2.69 bits per heavy atom. The quantitative estimate of drug-likeness (QED) is 0.571. The summed E-state index contributed by atoms with van der Waals surface area (Å²) in [5, 5.41) is 8.91. The third kappa shape index (κ3) is 2.26. The molecule has 0 N–H and O–H groups in total. The molecule has 0 bridgehead atoms. The number of benzene rings is 1. The zero-order chi connectivity index (χ0) is 12.1. The lowest BCUT2D eigenvalue weighted by Crippen LogP contribution is -2.04. The van der Waals surface area contributed by atoms with Crippen LogP contribution in [0.1, 0.15) is 40.1 Å². The number of carbonyl (C=O) groups is 2. The Morgan fingerprint density at radius 1 is 1.56 bits per heavy atom. The number of nitrogens with zero attached hydrogens (tertiary/aromatic N) is 1. The summed E-state index contributed by atoms with van der Waals surface area (Å²) in [5.74, 6) is 0.0201. The highest BCUT2D eigenvalue weighted by atomic mass is 16.5. The fraction of sp³-hybridized carbons (Fsp3) is 0.250. The molecule has 1 aromatic carbocycles. The minimum Gasteiger partial charge on any atom is -0.492 e. The standard InChI is InChI=1S/C12H11NO3/c1-3-16-12-10(6-13)4-9(7-14)5-11(12)8(2)15/h4-5,7H,3H2,1-2H3. The molecule has 82 valence electrons. The van der Waals surface area contributed by atoms with Gasteiger partial charge >= 0.3 is 0 Å². The van der Waals surface area contributed by atoms with Crippen molar-refractivity contribution in [3.63, 3.8) is 0 Å². The summed E-state index contributed by atoms with van der Waals surface area (Å²) in [5.41, 5.74) is 0.768. The van der Waals surface area contributed by atoms with Gasteiger partial charge in [0.15, 0.2) is 5.78 Å². The van der Waals surface area contributed by atoms with Gasteiger partial charge in [-0.2, -0.15) is 5.26 Å². The summed E-state index contributed by atoms with van der Waals surface area (Å²) in [4.78, 5) is 22.0. The van der Waals surface area contributed by atoms with Crippen LogP contribution in [-0.4, -0.2) is 18.7 Å². The summed E-state index contributed by atoms with van der Waals surface area (Å²) in [6.07, 6.45) is 0.600. The summed E-state index contributed by atoms with van der Waals surface area (Å²) in [6.45, 7) is 3.49. The highest BCUT2D eigenvalue weighted by Crippen LogP contribution is 2.25. The predicted octanol–water partition coefficient (Wildman–Crippen LogP) is 1.97. The lowest BCUT2D eigenvalue weighted by atomic mass is 10.0.